The second-order valence-electron chi connectivity index (χ2n) is 4.98. The van der Waals surface area contributed by atoms with Crippen LogP contribution in [0.4, 0.5) is 0 Å². The monoisotopic (exact) mass is 343 g/mol. The lowest BCUT2D eigenvalue weighted by Crippen LogP contribution is -2.17. The van der Waals surface area contributed by atoms with E-state index in [4.69, 9.17) is 0 Å². The lowest BCUT2D eigenvalue weighted by molar-refractivity contribution is 0.104. The molecular formula is C18H18BrNO. The van der Waals surface area contributed by atoms with Gasteiger partial charge in [0, 0.05) is 27.9 Å². The summed E-state index contributed by atoms with van der Waals surface area (Å²) < 4.78 is 0.968. The van der Waals surface area contributed by atoms with Crippen molar-refractivity contribution in [2.75, 3.05) is 0 Å². The van der Waals surface area contributed by atoms with Crippen LogP contribution in [0.3, 0.4) is 0 Å². The Morgan fingerprint density at radius 3 is 2.33 bits per heavy atom. The van der Waals surface area contributed by atoms with Crippen LogP contribution in [0, 0.1) is 0 Å². The molecule has 2 aromatic rings. The summed E-state index contributed by atoms with van der Waals surface area (Å²) in [6.45, 7) is 3.99. The third-order valence-electron chi connectivity index (χ3n) is 3.22. The molecule has 2 nitrogen and oxygen atoms in total. The first-order chi connectivity index (χ1) is 10.1. The van der Waals surface area contributed by atoms with E-state index in [1.807, 2.05) is 49.4 Å². The van der Waals surface area contributed by atoms with Gasteiger partial charge in [0.25, 0.3) is 0 Å². The predicted molar refractivity (Wildman–Crippen MR) is 90.2 cm³/mol. The third-order valence-corrected chi connectivity index (χ3v) is 3.75. The van der Waals surface area contributed by atoms with Crippen molar-refractivity contribution in [2.45, 2.75) is 19.9 Å². The summed E-state index contributed by atoms with van der Waals surface area (Å²) in [5.41, 5.74) is 2.74. The lowest BCUT2D eigenvalue weighted by atomic mass is 10.1. The highest BCUT2D eigenvalue weighted by molar-refractivity contribution is 9.10. The fourth-order valence-corrected chi connectivity index (χ4v) is 2.37. The van der Waals surface area contributed by atoms with Crippen LogP contribution in [0.5, 0.6) is 0 Å². The van der Waals surface area contributed by atoms with Crippen LogP contribution in [0.1, 0.15) is 35.8 Å². The van der Waals surface area contributed by atoms with Gasteiger partial charge in [-0.1, -0.05) is 46.3 Å². The van der Waals surface area contributed by atoms with Gasteiger partial charge in [-0.05, 0) is 43.7 Å². The van der Waals surface area contributed by atoms with Crippen molar-refractivity contribution in [2.24, 2.45) is 0 Å². The average molecular weight is 344 g/mol. The Balaban J connectivity index is 2.04. The van der Waals surface area contributed by atoms with Crippen LogP contribution < -0.4 is 5.32 Å². The number of hydrogen-bond donors (Lipinski definition) is 1. The van der Waals surface area contributed by atoms with Gasteiger partial charge in [0.05, 0.1) is 0 Å². The number of carbonyl (C=O) groups excluding carboxylic acids is 1. The molecule has 0 radical (unpaired) electrons. The number of carbonyl (C=O) groups is 1. The summed E-state index contributed by atoms with van der Waals surface area (Å²) in [5, 5.41) is 3.34. The Morgan fingerprint density at radius 2 is 1.71 bits per heavy atom. The molecule has 0 saturated carbocycles. The molecule has 0 saturated heterocycles. The molecule has 0 aromatic heterocycles. The summed E-state index contributed by atoms with van der Waals surface area (Å²) in [6.07, 6.45) is 1.64. The molecule has 0 heterocycles. The zero-order valence-corrected chi connectivity index (χ0v) is 13.7. The van der Waals surface area contributed by atoms with Crippen LogP contribution in [0.25, 0.3) is 0 Å². The van der Waals surface area contributed by atoms with Gasteiger partial charge in [0.15, 0.2) is 5.78 Å². The molecule has 0 bridgehead atoms. The first-order valence-corrected chi connectivity index (χ1v) is 7.65. The molecule has 0 amide bonds. The molecule has 3 heteroatoms. The summed E-state index contributed by atoms with van der Waals surface area (Å²) in [6, 6.07) is 17.7. The van der Waals surface area contributed by atoms with E-state index in [0.29, 0.717) is 5.56 Å². The van der Waals surface area contributed by atoms with E-state index in [1.165, 1.54) is 5.56 Å². The minimum absolute atomic E-state index is 0.00719. The van der Waals surface area contributed by atoms with E-state index in [0.717, 1.165) is 10.2 Å². The minimum atomic E-state index is 0.00719. The van der Waals surface area contributed by atoms with Crippen molar-refractivity contribution in [3.63, 3.8) is 0 Å². The Kier molecular flexibility index (Phi) is 5.34. The Hall–Kier alpha value is -1.87. The maximum Gasteiger partial charge on any atom is 0.187 e. The highest BCUT2D eigenvalue weighted by Crippen LogP contribution is 2.14. The standard InChI is InChI=1S/C18H18BrNO/c1-13(20-14(2)15-6-4-3-5-7-15)12-18(21)16-8-10-17(19)11-9-16/h3-12,14,20H,1-2H3/b13-12+/t14-/m0/s1. The van der Waals surface area contributed by atoms with E-state index in [-0.39, 0.29) is 11.8 Å². The molecule has 0 aliphatic heterocycles. The highest BCUT2D eigenvalue weighted by atomic mass is 79.9. The molecule has 1 N–H and O–H groups in total. The zero-order chi connectivity index (χ0) is 15.2. The summed E-state index contributed by atoms with van der Waals surface area (Å²) >= 11 is 3.36. The van der Waals surface area contributed by atoms with Crippen LogP contribution in [-0.2, 0) is 0 Å². The number of ketones is 1. The van der Waals surface area contributed by atoms with Gasteiger partial charge in [0.2, 0.25) is 0 Å². The first-order valence-electron chi connectivity index (χ1n) is 6.86. The van der Waals surface area contributed by atoms with Gasteiger partial charge in [0.1, 0.15) is 0 Å². The fraction of sp³-hybridized carbons (Fsp3) is 0.167. The van der Waals surface area contributed by atoms with Crippen molar-refractivity contribution in [1.29, 1.82) is 0 Å². The van der Waals surface area contributed by atoms with Crippen molar-refractivity contribution in [3.8, 4) is 0 Å². The SMILES string of the molecule is C/C(=C\C(=O)c1ccc(Br)cc1)N[C@@H](C)c1ccccc1. The maximum absolute atomic E-state index is 12.2. The van der Waals surface area contributed by atoms with Crippen LogP contribution in [0.15, 0.2) is 70.8 Å². The molecule has 108 valence electrons. The first kappa shape index (κ1) is 15.5. The van der Waals surface area contributed by atoms with E-state index in [2.05, 4.69) is 40.3 Å². The molecule has 0 aliphatic rings. The van der Waals surface area contributed by atoms with Crippen molar-refractivity contribution < 1.29 is 4.79 Å². The Bertz CT molecular complexity index is 632. The molecule has 0 aliphatic carbocycles. The van der Waals surface area contributed by atoms with Gasteiger partial charge in [-0.25, -0.2) is 0 Å². The largest absolute Gasteiger partial charge is 0.382 e. The number of hydrogen-bond acceptors (Lipinski definition) is 2. The van der Waals surface area contributed by atoms with Gasteiger partial charge < -0.3 is 5.32 Å². The number of halogens is 1. The Morgan fingerprint density at radius 1 is 1.10 bits per heavy atom. The smallest absolute Gasteiger partial charge is 0.187 e. The normalized spacial score (nSPS) is 12.8. The fourth-order valence-electron chi connectivity index (χ4n) is 2.10. The molecular weight excluding hydrogens is 326 g/mol. The van der Waals surface area contributed by atoms with Gasteiger partial charge in [-0.2, -0.15) is 0 Å². The Labute approximate surface area is 134 Å². The van der Waals surface area contributed by atoms with E-state index in [1.54, 1.807) is 6.08 Å². The minimum Gasteiger partial charge on any atom is -0.382 e. The van der Waals surface area contributed by atoms with Crippen molar-refractivity contribution >= 4 is 21.7 Å². The molecule has 2 rings (SSSR count). The molecule has 0 fully saturated rings. The molecule has 0 spiro atoms. The van der Waals surface area contributed by atoms with E-state index in [9.17, 15) is 4.79 Å². The number of rotatable bonds is 5. The van der Waals surface area contributed by atoms with Crippen molar-refractivity contribution in [1.82, 2.24) is 5.32 Å². The van der Waals surface area contributed by atoms with Gasteiger partial charge in [-0.3, -0.25) is 4.79 Å². The molecule has 1 atom stereocenters. The summed E-state index contributed by atoms with van der Waals surface area (Å²) in [5.74, 6) is 0.00719. The van der Waals surface area contributed by atoms with Gasteiger partial charge >= 0.3 is 0 Å². The molecule has 21 heavy (non-hydrogen) atoms. The number of benzene rings is 2. The van der Waals surface area contributed by atoms with E-state index < -0.39 is 0 Å². The maximum atomic E-state index is 12.2. The second-order valence-corrected chi connectivity index (χ2v) is 5.89. The van der Waals surface area contributed by atoms with E-state index >= 15 is 0 Å². The predicted octanol–water partition coefficient (Wildman–Crippen LogP) is 4.89. The van der Waals surface area contributed by atoms with Crippen LogP contribution >= 0.6 is 15.9 Å². The van der Waals surface area contributed by atoms with Crippen molar-refractivity contribution in [3.05, 3.63) is 82.0 Å². The third kappa shape index (κ3) is 4.57. The molecule has 0 unspecified atom stereocenters. The topological polar surface area (TPSA) is 29.1 Å². The second kappa shape index (κ2) is 7.23. The summed E-state index contributed by atoms with van der Waals surface area (Å²) in [4.78, 5) is 12.2. The number of nitrogens with one attached hydrogen (secondary N) is 1. The van der Waals surface area contributed by atoms with Crippen LogP contribution in [-0.4, -0.2) is 5.78 Å². The van der Waals surface area contributed by atoms with Crippen LogP contribution in [0.2, 0.25) is 0 Å². The average Bonchev–Trinajstić information content (AvgIpc) is 2.48. The highest BCUT2D eigenvalue weighted by Gasteiger charge is 2.06. The summed E-state index contributed by atoms with van der Waals surface area (Å²) in [7, 11) is 0. The van der Waals surface area contributed by atoms with Gasteiger partial charge in [-0.15, -0.1) is 0 Å². The number of allylic oxidation sites excluding steroid dienone is 2. The molecule has 2 aromatic carbocycles. The lowest BCUT2D eigenvalue weighted by Gasteiger charge is -2.15. The zero-order valence-electron chi connectivity index (χ0n) is 12.1. The quantitative estimate of drug-likeness (QED) is 0.618.